The molecular weight excluding hydrogens is 326 g/mol. The Kier molecular flexibility index (Phi) is 12.4. The van der Waals surface area contributed by atoms with Gasteiger partial charge in [-0.15, -0.1) is 0 Å². The van der Waals surface area contributed by atoms with Gasteiger partial charge in [0.15, 0.2) is 0 Å². The molecule has 0 aromatic heterocycles. The molecule has 1 aromatic carbocycles. The lowest BCUT2D eigenvalue weighted by Gasteiger charge is -2.11. The maximum absolute atomic E-state index is 10.1. The van der Waals surface area contributed by atoms with Gasteiger partial charge in [0.05, 0.1) is 12.3 Å². The van der Waals surface area contributed by atoms with Crippen molar-refractivity contribution in [1.29, 1.82) is 0 Å². The zero-order chi connectivity index (χ0) is 19.0. The largest absolute Gasteiger partial charge is 0.507 e. The number of rotatable bonds is 15. The Morgan fingerprint density at radius 3 is 2.15 bits per heavy atom. The molecule has 0 bridgehead atoms. The van der Waals surface area contributed by atoms with E-state index in [-0.39, 0.29) is 5.75 Å². The third-order valence-electron chi connectivity index (χ3n) is 4.68. The van der Waals surface area contributed by atoms with Crippen molar-refractivity contribution in [3.8, 4) is 11.5 Å². The van der Waals surface area contributed by atoms with Gasteiger partial charge in [-0.2, -0.15) is 0 Å². The number of phenols is 1. The molecule has 0 saturated heterocycles. The molecule has 0 saturated carbocycles. The minimum atomic E-state index is 0.133. The van der Waals surface area contributed by atoms with Crippen molar-refractivity contribution < 1.29 is 15.1 Å². The van der Waals surface area contributed by atoms with E-state index in [1.807, 2.05) is 0 Å². The van der Waals surface area contributed by atoms with Gasteiger partial charge in [0.2, 0.25) is 0 Å². The molecule has 0 spiro atoms. The van der Waals surface area contributed by atoms with Crippen LogP contribution in [0.3, 0.4) is 0 Å². The Balaban J connectivity index is 2.37. The monoisotopic (exact) mass is 363 g/mol. The van der Waals surface area contributed by atoms with E-state index in [0.717, 1.165) is 31.4 Å². The highest BCUT2D eigenvalue weighted by Gasteiger charge is 2.11. The number of phenolic OH excluding ortho intramolecular Hbond substituents is 1. The second kappa shape index (κ2) is 14.5. The molecule has 148 valence electrons. The molecule has 0 atom stereocenters. The highest BCUT2D eigenvalue weighted by molar-refractivity contribution is 6.02. The summed E-state index contributed by atoms with van der Waals surface area (Å²) in [6.45, 7) is 5.06. The lowest BCUT2D eigenvalue weighted by atomic mass is 10.0. The van der Waals surface area contributed by atoms with Crippen LogP contribution >= 0.6 is 0 Å². The summed E-state index contributed by atoms with van der Waals surface area (Å²) < 4.78 is 5.82. The van der Waals surface area contributed by atoms with Crippen LogP contribution in [0.25, 0.3) is 0 Å². The summed E-state index contributed by atoms with van der Waals surface area (Å²) in [6, 6.07) is 5.16. The van der Waals surface area contributed by atoms with E-state index in [1.54, 1.807) is 18.2 Å². The molecule has 1 aromatic rings. The Bertz CT molecular complexity index is 514. The van der Waals surface area contributed by atoms with Gasteiger partial charge in [-0.3, -0.25) is 0 Å². The molecule has 4 heteroatoms. The zero-order valence-electron chi connectivity index (χ0n) is 16.7. The number of benzene rings is 1. The van der Waals surface area contributed by atoms with E-state index < -0.39 is 0 Å². The normalized spacial score (nSPS) is 11.7. The number of oxime groups is 1. The lowest BCUT2D eigenvalue weighted by molar-refractivity contribution is 0.303. The molecule has 0 aliphatic carbocycles. The number of ether oxygens (including phenoxy) is 1. The summed E-state index contributed by atoms with van der Waals surface area (Å²) in [5.41, 5.74) is 1.09. The number of unbranched alkanes of at least 4 members (excludes halogenated alkanes) is 9. The van der Waals surface area contributed by atoms with Gasteiger partial charge in [0, 0.05) is 5.56 Å². The Labute approximate surface area is 159 Å². The van der Waals surface area contributed by atoms with Crippen LogP contribution in [0.2, 0.25) is 0 Å². The molecule has 0 aliphatic rings. The van der Waals surface area contributed by atoms with E-state index in [2.05, 4.69) is 19.0 Å². The van der Waals surface area contributed by atoms with Crippen LogP contribution in [0.15, 0.2) is 23.4 Å². The SMILES string of the molecule is CCCCCCCCCCOc1ccc(O)c(/C(CCCCC)=N\O)c1. The summed E-state index contributed by atoms with van der Waals surface area (Å²) >= 11 is 0. The van der Waals surface area contributed by atoms with Gasteiger partial charge < -0.3 is 15.1 Å². The van der Waals surface area contributed by atoms with Gasteiger partial charge in [0.1, 0.15) is 11.5 Å². The highest BCUT2D eigenvalue weighted by Crippen LogP contribution is 2.26. The first-order chi connectivity index (χ1) is 12.7. The van der Waals surface area contributed by atoms with Crippen molar-refractivity contribution in [1.82, 2.24) is 0 Å². The lowest BCUT2D eigenvalue weighted by Crippen LogP contribution is -2.04. The van der Waals surface area contributed by atoms with Crippen LogP contribution in [0.5, 0.6) is 11.5 Å². The Morgan fingerprint density at radius 2 is 1.50 bits per heavy atom. The summed E-state index contributed by atoms with van der Waals surface area (Å²) in [5.74, 6) is 0.853. The molecule has 0 amide bonds. The third kappa shape index (κ3) is 9.12. The van der Waals surface area contributed by atoms with Crippen molar-refractivity contribution >= 4 is 5.71 Å². The number of hydrogen-bond acceptors (Lipinski definition) is 4. The minimum Gasteiger partial charge on any atom is -0.507 e. The number of nitrogens with zero attached hydrogens (tertiary/aromatic N) is 1. The number of aromatic hydroxyl groups is 1. The van der Waals surface area contributed by atoms with Crippen LogP contribution in [0.1, 0.15) is 96.5 Å². The summed E-state index contributed by atoms with van der Waals surface area (Å²) in [6.07, 6.45) is 13.9. The maximum atomic E-state index is 10.1. The highest BCUT2D eigenvalue weighted by atomic mass is 16.5. The van der Waals surface area contributed by atoms with E-state index in [0.29, 0.717) is 24.3 Å². The summed E-state index contributed by atoms with van der Waals surface area (Å²) in [7, 11) is 0. The average molecular weight is 364 g/mol. The van der Waals surface area contributed by atoms with Crippen LogP contribution in [0.4, 0.5) is 0 Å². The molecule has 2 N–H and O–H groups in total. The number of hydrogen-bond donors (Lipinski definition) is 2. The Hall–Kier alpha value is -1.71. The molecule has 1 rings (SSSR count). The average Bonchev–Trinajstić information content (AvgIpc) is 2.65. The van der Waals surface area contributed by atoms with E-state index >= 15 is 0 Å². The predicted octanol–water partition coefficient (Wildman–Crippen LogP) is 6.67. The van der Waals surface area contributed by atoms with E-state index in [1.165, 1.54) is 44.9 Å². The van der Waals surface area contributed by atoms with Gasteiger partial charge >= 0.3 is 0 Å². The Morgan fingerprint density at radius 1 is 0.885 bits per heavy atom. The van der Waals surface area contributed by atoms with Crippen molar-refractivity contribution in [2.24, 2.45) is 5.16 Å². The smallest absolute Gasteiger partial charge is 0.125 e. The second-order valence-corrected chi connectivity index (χ2v) is 7.01. The minimum absolute atomic E-state index is 0.133. The van der Waals surface area contributed by atoms with Crippen molar-refractivity contribution in [3.05, 3.63) is 23.8 Å². The molecule has 0 aliphatic heterocycles. The molecule has 0 radical (unpaired) electrons. The quantitative estimate of drug-likeness (QED) is 0.158. The first kappa shape index (κ1) is 22.3. The van der Waals surface area contributed by atoms with Crippen molar-refractivity contribution in [2.45, 2.75) is 90.9 Å². The second-order valence-electron chi connectivity index (χ2n) is 7.01. The fourth-order valence-corrected chi connectivity index (χ4v) is 3.04. The molecular formula is C22H37NO3. The van der Waals surface area contributed by atoms with Gasteiger partial charge in [-0.1, -0.05) is 76.8 Å². The maximum Gasteiger partial charge on any atom is 0.125 e. The van der Waals surface area contributed by atoms with Crippen molar-refractivity contribution in [3.63, 3.8) is 0 Å². The van der Waals surface area contributed by atoms with Crippen LogP contribution in [-0.4, -0.2) is 22.6 Å². The van der Waals surface area contributed by atoms with Crippen LogP contribution < -0.4 is 4.74 Å². The first-order valence-electron chi connectivity index (χ1n) is 10.4. The van der Waals surface area contributed by atoms with E-state index in [9.17, 15) is 10.3 Å². The topological polar surface area (TPSA) is 62.0 Å². The standard InChI is InChI=1S/C22H37NO3/c1-3-5-7-8-9-10-11-13-17-26-19-15-16-22(24)20(18-19)21(23-25)14-12-6-4-2/h15-16,18,24-25H,3-14,17H2,1-2H3/b23-21-. The molecule has 0 fully saturated rings. The zero-order valence-corrected chi connectivity index (χ0v) is 16.7. The van der Waals surface area contributed by atoms with Gasteiger partial charge in [0.25, 0.3) is 0 Å². The van der Waals surface area contributed by atoms with Gasteiger partial charge in [-0.05, 0) is 37.5 Å². The fraction of sp³-hybridized carbons (Fsp3) is 0.682. The van der Waals surface area contributed by atoms with E-state index in [4.69, 9.17) is 4.74 Å². The fourth-order valence-electron chi connectivity index (χ4n) is 3.04. The van der Waals surface area contributed by atoms with Gasteiger partial charge in [-0.25, -0.2) is 0 Å². The van der Waals surface area contributed by atoms with Crippen molar-refractivity contribution in [2.75, 3.05) is 6.61 Å². The van der Waals surface area contributed by atoms with Crippen LogP contribution in [-0.2, 0) is 0 Å². The summed E-state index contributed by atoms with van der Waals surface area (Å²) in [5, 5.41) is 22.7. The first-order valence-corrected chi connectivity index (χ1v) is 10.4. The molecule has 26 heavy (non-hydrogen) atoms. The third-order valence-corrected chi connectivity index (χ3v) is 4.68. The molecule has 0 unspecified atom stereocenters. The molecule has 0 heterocycles. The molecule has 4 nitrogen and oxygen atoms in total. The van der Waals surface area contributed by atoms with Crippen LogP contribution in [0, 0.1) is 0 Å². The summed E-state index contributed by atoms with van der Waals surface area (Å²) in [4.78, 5) is 0. The predicted molar refractivity (Wildman–Crippen MR) is 109 cm³/mol.